The molecule has 1 atom stereocenters. The Hall–Kier alpha value is -1.18. The number of halogens is 2. The molecule has 0 aromatic heterocycles. The van der Waals surface area contributed by atoms with Gasteiger partial charge in [0.05, 0.1) is 0 Å². The van der Waals surface area contributed by atoms with Gasteiger partial charge < -0.3 is 5.32 Å². The molecule has 0 spiro atoms. The van der Waals surface area contributed by atoms with Crippen molar-refractivity contribution < 1.29 is 0 Å². The van der Waals surface area contributed by atoms with Crippen LogP contribution in [-0.2, 0) is 0 Å². The molecule has 94 valence electrons. The van der Waals surface area contributed by atoms with Gasteiger partial charge in [0.1, 0.15) is 0 Å². The summed E-state index contributed by atoms with van der Waals surface area (Å²) in [5, 5.41) is 4.99. The first kappa shape index (κ1) is 13.3. The summed E-state index contributed by atoms with van der Waals surface area (Å²) in [5.41, 5.74) is 3.44. The van der Waals surface area contributed by atoms with Crippen molar-refractivity contribution in [1.29, 1.82) is 0 Å². The van der Waals surface area contributed by atoms with Crippen LogP contribution in [0.2, 0.25) is 10.0 Å². The van der Waals surface area contributed by atoms with Crippen LogP contribution in [-0.4, -0.2) is 0 Å². The molecule has 18 heavy (non-hydrogen) atoms. The molecule has 0 fully saturated rings. The van der Waals surface area contributed by atoms with Gasteiger partial charge in [-0.05, 0) is 55.3 Å². The van der Waals surface area contributed by atoms with Crippen LogP contribution >= 0.6 is 23.2 Å². The number of aryl methyl sites for hydroxylation is 1. The van der Waals surface area contributed by atoms with Crippen molar-refractivity contribution in [3.05, 3.63) is 63.6 Å². The van der Waals surface area contributed by atoms with Gasteiger partial charge in [0.15, 0.2) is 0 Å². The highest BCUT2D eigenvalue weighted by atomic mass is 35.5. The molecular formula is C15H15Cl2N. The average molecular weight is 280 g/mol. The number of hydrogen-bond donors (Lipinski definition) is 1. The molecule has 0 saturated heterocycles. The van der Waals surface area contributed by atoms with E-state index in [1.807, 2.05) is 49.4 Å². The van der Waals surface area contributed by atoms with Crippen molar-refractivity contribution in [2.75, 3.05) is 5.32 Å². The van der Waals surface area contributed by atoms with Crippen molar-refractivity contribution >= 4 is 28.9 Å². The fraction of sp³-hybridized carbons (Fsp3) is 0.200. The van der Waals surface area contributed by atoms with Crippen molar-refractivity contribution in [1.82, 2.24) is 0 Å². The maximum Gasteiger partial charge on any atom is 0.0485 e. The van der Waals surface area contributed by atoms with Crippen LogP contribution in [0.4, 0.5) is 5.69 Å². The van der Waals surface area contributed by atoms with Crippen molar-refractivity contribution in [2.45, 2.75) is 19.9 Å². The van der Waals surface area contributed by atoms with E-state index in [2.05, 4.69) is 12.2 Å². The molecule has 1 unspecified atom stereocenters. The summed E-state index contributed by atoms with van der Waals surface area (Å²) in [7, 11) is 0. The number of benzene rings is 2. The molecule has 0 saturated carbocycles. The fourth-order valence-corrected chi connectivity index (χ4v) is 2.21. The standard InChI is InChI=1S/C15H15Cl2N/c1-10-9-14(17)7-8-15(10)18-11(2)12-3-5-13(16)6-4-12/h3-9,11,18H,1-2H3. The Morgan fingerprint density at radius 3 is 2.17 bits per heavy atom. The minimum absolute atomic E-state index is 0.224. The molecular weight excluding hydrogens is 265 g/mol. The SMILES string of the molecule is Cc1cc(Cl)ccc1NC(C)c1ccc(Cl)cc1. The molecule has 1 nitrogen and oxygen atoms in total. The lowest BCUT2D eigenvalue weighted by Gasteiger charge is -2.17. The summed E-state index contributed by atoms with van der Waals surface area (Å²) < 4.78 is 0. The molecule has 0 aliphatic carbocycles. The minimum Gasteiger partial charge on any atom is -0.378 e. The van der Waals surface area contributed by atoms with Crippen molar-refractivity contribution in [2.24, 2.45) is 0 Å². The first-order valence-electron chi connectivity index (χ1n) is 5.84. The normalized spacial score (nSPS) is 12.2. The Morgan fingerprint density at radius 1 is 0.944 bits per heavy atom. The van der Waals surface area contributed by atoms with E-state index in [0.717, 1.165) is 21.3 Å². The van der Waals surface area contributed by atoms with Gasteiger partial charge in [-0.15, -0.1) is 0 Å². The second-order valence-corrected chi connectivity index (χ2v) is 5.25. The number of rotatable bonds is 3. The van der Waals surface area contributed by atoms with Gasteiger partial charge in [0, 0.05) is 21.8 Å². The van der Waals surface area contributed by atoms with Crippen LogP contribution in [0.1, 0.15) is 24.1 Å². The maximum absolute atomic E-state index is 5.95. The molecule has 0 bridgehead atoms. The van der Waals surface area contributed by atoms with E-state index in [-0.39, 0.29) is 6.04 Å². The van der Waals surface area contributed by atoms with Crippen molar-refractivity contribution in [3.8, 4) is 0 Å². The highest BCUT2D eigenvalue weighted by molar-refractivity contribution is 6.30. The molecule has 0 heterocycles. The summed E-state index contributed by atoms with van der Waals surface area (Å²) in [6, 6.07) is 14.0. The third-order valence-electron chi connectivity index (χ3n) is 2.93. The van der Waals surface area contributed by atoms with Crippen LogP contribution in [0.5, 0.6) is 0 Å². The Balaban J connectivity index is 2.15. The Morgan fingerprint density at radius 2 is 1.56 bits per heavy atom. The minimum atomic E-state index is 0.224. The van der Waals surface area contributed by atoms with Crippen LogP contribution in [0, 0.1) is 6.92 Å². The lowest BCUT2D eigenvalue weighted by Crippen LogP contribution is -2.07. The van der Waals surface area contributed by atoms with Crippen LogP contribution < -0.4 is 5.32 Å². The number of nitrogens with one attached hydrogen (secondary N) is 1. The van der Waals surface area contributed by atoms with Crippen LogP contribution in [0.15, 0.2) is 42.5 Å². The van der Waals surface area contributed by atoms with Gasteiger partial charge in [-0.1, -0.05) is 35.3 Å². The molecule has 1 N–H and O–H groups in total. The Bertz CT molecular complexity index is 535. The summed E-state index contributed by atoms with van der Waals surface area (Å²) >= 11 is 11.8. The summed E-state index contributed by atoms with van der Waals surface area (Å²) in [4.78, 5) is 0. The quantitative estimate of drug-likeness (QED) is 0.785. The van der Waals surface area contributed by atoms with E-state index in [4.69, 9.17) is 23.2 Å². The second kappa shape index (κ2) is 5.64. The van der Waals surface area contributed by atoms with Gasteiger partial charge in [0.2, 0.25) is 0 Å². The van der Waals surface area contributed by atoms with E-state index in [0.29, 0.717) is 0 Å². The summed E-state index contributed by atoms with van der Waals surface area (Å²) in [6.45, 7) is 4.17. The van der Waals surface area contributed by atoms with Gasteiger partial charge in [-0.3, -0.25) is 0 Å². The monoisotopic (exact) mass is 279 g/mol. The van der Waals surface area contributed by atoms with Crippen molar-refractivity contribution in [3.63, 3.8) is 0 Å². The second-order valence-electron chi connectivity index (χ2n) is 4.38. The molecule has 0 amide bonds. The number of hydrogen-bond acceptors (Lipinski definition) is 1. The predicted molar refractivity (Wildman–Crippen MR) is 79.7 cm³/mol. The van der Waals surface area contributed by atoms with E-state index >= 15 is 0 Å². The highest BCUT2D eigenvalue weighted by Crippen LogP contribution is 2.25. The first-order valence-corrected chi connectivity index (χ1v) is 6.60. The molecule has 0 aliphatic heterocycles. The average Bonchev–Trinajstić information content (AvgIpc) is 2.33. The highest BCUT2D eigenvalue weighted by Gasteiger charge is 2.07. The lowest BCUT2D eigenvalue weighted by molar-refractivity contribution is 0.883. The zero-order valence-corrected chi connectivity index (χ0v) is 11.9. The topological polar surface area (TPSA) is 12.0 Å². The van der Waals surface area contributed by atoms with Gasteiger partial charge in [-0.2, -0.15) is 0 Å². The Labute approximate surface area is 118 Å². The van der Waals surface area contributed by atoms with Crippen LogP contribution in [0.25, 0.3) is 0 Å². The number of anilines is 1. The third-order valence-corrected chi connectivity index (χ3v) is 3.42. The van der Waals surface area contributed by atoms with Gasteiger partial charge in [0.25, 0.3) is 0 Å². The molecule has 0 aliphatic rings. The zero-order valence-electron chi connectivity index (χ0n) is 10.4. The van der Waals surface area contributed by atoms with E-state index in [1.165, 1.54) is 5.56 Å². The summed E-state index contributed by atoms with van der Waals surface area (Å²) in [6.07, 6.45) is 0. The van der Waals surface area contributed by atoms with Gasteiger partial charge in [-0.25, -0.2) is 0 Å². The van der Waals surface area contributed by atoms with E-state index in [1.54, 1.807) is 0 Å². The molecule has 2 aromatic carbocycles. The molecule has 0 radical (unpaired) electrons. The maximum atomic E-state index is 5.95. The fourth-order valence-electron chi connectivity index (χ4n) is 1.86. The van der Waals surface area contributed by atoms with E-state index < -0.39 is 0 Å². The largest absolute Gasteiger partial charge is 0.378 e. The summed E-state index contributed by atoms with van der Waals surface area (Å²) in [5.74, 6) is 0. The first-order chi connectivity index (χ1) is 8.56. The predicted octanol–water partition coefficient (Wildman–Crippen LogP) is 5.47. The lowest BCUT2D eigenvalue weighted by atomic mass is 10.1. The smallest absolute Gasteiger partial charge is 0.0485 e. The Kier molecular flexibility index (Phi) is 4.15. The molecule has 2 aromatic rings. The zero-order chi connectivity index (χ0) is 13.1. The van der Waals surface area contributed by atoms with Gasteiger partial charge >= 0.3 is 0 Å². The third kappa shape index (κ3) is 3.18. The molecule has 3 heteroatoms. The van der Waals surface area contributed by atoms with Crippen LogP contribution in [0.3, 0.4) is 0 Å². The van der Waals surface area contributed by atoms with E-state index in [9.17, 15) is 0 Å². The molecule has 2 rings (SSSR count).